The van der Waals surface area contributed by atoms with E-state index in [1.165, 1.54) is 0 Å². The maximum atomic E-state index is 5.54. The summed E-state index contributed by atoms with van der Waals surface area (Å²) in [5.74, 6) is 0. The van der Waals surface area contributed by atoms with Gasteiger partial charge in [0.2, 0.25) is 0 Å². The molecule has 0 unspecified atom stereocenters. The van der Waals surface area contributed by atoms with Crippen molar-refractivity contribution in [2.24, 2.45) is 5.16 Å². The maximum absolute atomic E-state index is 5.54. The Balaban J connectivity index is 4.14. The molecule has 0 saturated carbocycles. The molecule has 0 heterocycles. The van der Waals surface area contributed by atoms with Crippen LogP contribution in [0, 0.1) is 0 Å². The SMILES string of the molecule is CC(C)(C)[Si](C)(C)O/N=C/CI. The summed E-state index contributed by atoms with van der Waals surface area (Å²) in [5, 5.41) is 4.20. The second-order valence-electron chi connectivity index (χ2n) is 4.29. The Kier molecular flexibility index (Phi) is 4.76. The van der Waals surface area contributed by atoms with Crippen LogP contribution in [0.25, 0.3) is 0 Å². The summed E-state index contributed by atoms with van der Waals surface area (Å²) < 4.78 is 6.45. The van der Waals surface area contributed by atoms with Crippen LogP contribution in [0.15, 0.2) is 5.16 Å². The Bertz CT molecular complexity index is 163. The van der Waals surface area contributed by atoms with Gasteiger partial charge in [0.1, 0.15) is 0 Å². The Morgan fingerprint density at radius 3 is 2.25 bits per heavy atom. The van der Waals surface area contributed by atoms with E-state index in [9.17, 15) is 0 Å². The molecule has 0 aliphatic rings. The van der Waals surface area contributed by atoms with E-state index >= 15 is 0 Å². The second kappa shape index (κ2) is 4.60. The summed E-state index contributed by atoms with van der Waals surface area (Å²) in [4.78, 5) is 0. The number of nitrogens with zero attached hydrogens (tertiary/aromatic N) is 1. The zero-order chi connectivity index (χ0) is 9.83. The van der Waals surface area contributed by atoms with Gasteiger partial charge in [0, 0.05) is 4.43 Å². The number of hydrogen-bond acceptors (Lipinski definition) is 2. The van der Waals surface area contributed by atoms with Gasteiger partial charge in [0.25, 0.3) is 8.32 Å². The second-order valence-corrected chi connectivity index (χ2v) is 9.88. The van der Waals surface area contributed by atoms with Crippen molar-refractivity contribution in [3.05, 3.63) is 0 Å². The Labute approximate surface area is 90.0 Å². The fourth-order valence-corrected chi connectivity index (χ4v) is 1.11. The number of hydrogen-bond donors (Lipinski definition) is 0. The lowest BCUT2D eigenvalue weighted by atomic mass is 10.2. The van der Waals surface area contributed by atoms with Crippen LogP contribution in [0.2, 0.25) is 18.1 Å². The first-order chi connectivity index (χ1) is 5.31. The Morgan fingerprint density at radius 2 is 1.92 bits per heavy atom. The normalized spacial score (nSPS) is 13.8. The van der Waals surface area contributed by atoms with E-state index in [4.69, 9.17) is 4.53 Å². The van der Waals surface area contributed by atoms with E-state index in [2.05, 4.69) is 61.6 Å². The lowest BCUT2D eigenvalue weighted by Crippen LogP contribution is -2.39. The molecule has 0 rings (SSSR count). The number of oxime groups is 1. The first kappa shape index (κ1) is 12.4. The van der Waals surface area contributed by atoms with Crippen LogP contribution in [-0.4, -0.2) is 19.0 Å². The quantitative estimate of drug-likeness (QED) is 0.257. The zero-order valence-electron chi connectivity index (χ0n) is 8.52. The van der Waals surface area contributed by atoms with Gasteiger partial charge >= 0.3 is 0 Å². The molecule has 0 aromatic heterocycles. The molecule has 4 heteroatoms. The number of rotatable bonds is 3. The molecule has 0 aromatic carbocycles. The highest BCUT2D eigenvalue weighted by Gasteiger charge is 2.39. The van der Waals surface area contributed by atoms with Gasteiger partial charge in [0.15, 0.2) is 0 Å². The minimum atomic E-state index is -1.64. The van der Waals surface area contributed by atoms with E-state index < -0.39 is 8.32 Å². The third-order valence-electron chi connectivity index (χ3n) is 2.23. The summed E-state index contributed by atoms with van der Waals surface area (Å²) in [7, 11) is -1.64. The molecular weight excluding hydrogens is 281 g/mol. The highest BCUT2D eigenvalue weighted by Crippen LogP contribution is 2.36. The van der Waals surface area contributed by atoms with Gasteiger partial charge in [-0.1, -0.05) is 43.4 Å². The van der Waals surface area contributed by atoms with Gasteiger partial charge in [-0.15, -0.1) is 5.16 Å². The van der Waals surface area contributed by atoms with Crippen LogP contribution in [0.4, 0.5) is 0 Å². The Hall–Kier alpha value is 0.417. The van der Waals surface area contributed by atoms with Crippen LogP contribution in [0.1, 0.15) is 20.8 Å². The van der Waals surface area contributed by atoms with E-state index in [1.54, 1.807) is 6.21 Å². The molecule has 72 valence electrons. The van der Waals surface area contributed by atoms with Gasteiger partial charge in [-0.25, -0.2) is 0 Å². The molecule has 0 aromatic rings. The van der Waals surface area contributed by atoms with Crippen LogP contribution in [-0.2, 0) is 4.53 Å². The predicted molar refractivity (Wildman–Crippen MR) is 65.7 cm³/mol. The molecule has 0 saturated heterocycles. The third-order valence-corrected chi connectivity index (χ3v) is 6.80. The van der Waals surface area contributed by atoms with Crippen LogP contribution >= 0.6 is 22.6 Å². The summed E-state index contributed by atoms with van der Waals surface area (Å²) in [6.07, 6.45) is 1.81. The monoisotopic (exact) mass is 299 g/mol. The predicted octanol–water partition coefficient (Wildman–Crippen LogP) is 3.43. The molecular formula is C8H18INOSi. The van der Waals surface area contributed by atoms with Crippen molar-refractivity contribution in [1.82, 2.24) is 0 Å². The van der Waals surface area contributed by atoms with Crippen LogP contribution < -0.4 is 0 Å². The molecule has 0 aliphatic carbocycles. The van der Waals surface area contributed by atoms with Crippen LogP contribution in [0.3, 0.4) is 0 Å². The van der Waals surface area contributed by atoms with Gasteiger partial charge in [-0.05, 0) is 18.1 Å². The summed E-state index contributed by atoms with van der Waals surface area (Å²) in [6.45, 7) is 11.0. The van der Waals surface area contributed by atoms with Gasteiger partial charge in [-0.3, -0.25) is 0 Å². The third kappa shape index (κ3) is 3.89. The molecule has 12 heavy (non-hydrogen) atoms. The van der Waals surface area contributed by atoms with Crippen LogP contribution in [0.5, 0.6) is 0 Å². The molecule has 2 nitrogen and oxygen atoms in total. The topological polar surface area (TPSA) is 21.6 Å². The highest BCUT2D eigenvalue weighted by atomic mass is 127. The first-order valence-corrected chi connectivity index (χ1v) is 8.50. The number of alkyl halides is 1. The molecule has 0 radical (unpaired) electrons. The molecule has 0 amide bonds. The lowest BCUT2D eigenvalue weighted by Gasteiger charge is -2.32. The molecule has 0 aliphatic heterocycles. The van der Waals surface area contributed by atoms with Gasteiger partial charge in [0.05, 0.1) is 6.21 Å². The molecule has 0 bridgehead atoms. The van der Waals surface area contributed by atoms with Crippen molar-refractivity contribution >= 4 is 37.1 Å². The Morgan fingerprint density at radius 1 is 1.42 bits per heavy atom. The van der Waals surface area contributed by atoms with Crippen molar-refractivity contribution in [3.8, 4) is 0 Å². The summed E-state index contributed by atoms with van der Waals surface area (Å²) >= 11 is 2.25. The van der Waals surface area contributed by atoms with Crippen molar-refractivity contribution in [2.75, 3.05) is 4.43 Å². The summed E-state index contributed by atoms with van der Waals surface area (Å²) in [5.41, 5.74) is 0. The minimum absolute atomic E-state index is 0.246. The van der Waals surface area contributed by atoms with E-state index in [0.29, 0.717) is 0 Å². The van der Waals surface area contributed by atoms with Crippen molar-refractivity contribution in [3.63, 3.8) is 0 Å². The van der Waals surface area contributed by atoms with Gasteiger partial charge in [-0.2, -0.15) is 0 Å². The first-order valence-electron chi connectivity index (χ1n) is 4.07. The summed E-state index contributed by atoms with van der Waals surface area (Å²) in [6, 6.07) is 0. The molecule has 0 fully saturated rings. The van der Waals surface area contributed by atoms with Crippen molar-refractivity contribution in [2.45, 2.75) is 38.9 Å². The minimum Gasteiger partial charge on any atom is -0.455 e. The highest BCUT2D eigenvalue weighted by molar-refractivity contribution is 14.1. The average molecular weight is 299 g/mol. The zero-order valence-corrected chi connectivity index (χ0v) is 11.7. The number of halogens is 1. The maximum Gasteiger partial charge on any atom is 0.286 e. The van der Waals surface area contributed by atoms with E-state index in [0.717, 1.165) is 4.43 Å². The van der Waals surface area contributed by atoms with E-state index in [-0.39, 0.29) is 5.04 Å². The standard InChI is InChI=1S/C8H18INOSi/c1-8(2,3)12(4,5)11-10-7-6-9/h7H,6H2,1-5H3/b10-7+. The fraction of sp³-hybridized carbons (Fsp3) is 0.875. The van der Waals surface area contributed by atoms with Crippen molar-refractivity contribution < 1.29 is 4.53 Å². The fourth-order valence-electron chi connectivity index (χ4n) is 0.334. The molecule has 0 atom stereocenters. The lowest BCUT2D eigenvalue weighted by molar-refractivity contribution is 0.310. The smallest absolute Gasteiger partial charge is 0.286 e. The van der Waals surface area contributed by atoms with Gasteiger partial charge < -0.3 is 4.53 Å². The molecule has 0 N–H and O–H groups in total. The van der Waals surface area contributed by atoms with Crippen molar-refractivity contribution in [1.29, 1.82) is 0 Å². The largest absolute Gasteiger partial charge is 0.455 e. The molecule has 0 spiro atoms. The van der Waals surface area contributed by atoms with E-state index in [1.807, 2.05) is 0 Å². The average Bonchev–Trinajstić information content (AvgIpc) is 1.85.